The summed E-state index contributed by atoms with van der Waals surface area (Å²) < 4.78 is 12.8. The topological polar surface area (TPSA) is 35.5 Å². The average Bonchev–Trinajstić information content (AvgIpc) is 2.72. The molecule has 0 saturated carbocycles. The first-order valence-electron chi connectivity index (χ1n) is 11.3. The van der Waals surface area contributed by atoms with Crippen LogP contribution in [0.1, 0.15) is 106 Å². The smallest absolute Gasteiger partial charge is 0.186 e. The number of carbonyl (C=O) groups excluding carboxylic acids is 1. The molecule has 0 aliphatic heterocycles. The first kappa shape index (κ1) is 26.3. The zero-order chi connectivity index (χ0) is 21.0. The van der Waals surface area contributed by atoms with E-state index in [0.29, 0.717) is 19.4 Å². The lowest BCUT2D eigenvalue weighted by Gasteiger charge is -2.39. The number of ketones is 1. The lowest BCUT2D eigenvalue weighted by atomic mass is 9.79. The van der Waals surface area contributed by atoms with Gasteiger partial charge in [-0.2, -0.15) is 0 Å². The van der Waals surface area contributed by atoms with E-state index in [9.17, 15) is 4.79 Å². The maximum absolute atomic E-state index is 12.3. The summed E-state index contributed by atoms with van der Waals surface area (Å²) in [6.45, 7) is 20.2. The second-order valence-corrected chi connectivity index (χ2v) is 8.00. The van der Waals surface area contributed by atoms with Crippen LogP contribution in [0.5, 0.6) is 0 Å². The van der Waals surface area contributed by atoms with Gasteiger partial charge < -0.3 is 9.47 Å². The molecule has 0 bridgehead atoms. The molecule has 0 aliphatic rings. The van der Waals surface area contributed by atoms with E-state index in [1.807, 2.05) is 13.8 Å². The van der Waals surface area contributed by atoms with Crippen LogP contribution in [-0.2, 0) is 14.3 Å². The predicted molar refractivity (Wildman–Crippen MR) is 116 cm³/mol. The van der Waals surface area contributed by atoms with Gasteiger partial charge >= 0.3 is 0 Å². The van der Waals surface area contributed by atoms with Crippen LogP contribution in [0.15, 0.2) is 12.7 Å². The molecule has 0 heterocycles. The summed E-state index contributed by atoms with van der Waals surface area (Å²) in [6.07, 6.45) is 10.2. The highest BCUT2D eigenvalue weighted by atomic mass is 16.5. The molecule has 27 heavy (non-hydrogen) atoms. The fourth-order valence-corrected chi connectivity index (χ4v) is 4.09. The van der Waals surface area contributed by atoms with Crippen molar-refractivity contribution < 1.29 is 14.3 Å². The molecule has 0 N–H and O–H groups in total. The minimum absolute atomic E-state index is 0.00839. The van der Waals surface area contributed by atoms with E-state index in [4.69, 9.17) is 9.47 Å². The molecule has 0 saturated heterocycles. The van der Waals surface area contributed by atoms with Gasteiger partial charge in [-0.25, -0.2) is 0 Å². The van der Waals surface area contributed by atoms with Gasteiger partial charge in [0.25, 0.3) is 0 Å². The van der Waals surface area contributed by atoms with Crippen LogP contribution in [-0.4, -0.2) is 30.2 Å². The summed E-state index contributed by atoms with van der Waals surface area (Å²) in [7, 11) is 0. The van der Waals surface area contributed by atoms with Crippen molar-refractivity contribution in [2.45, 2.75) is 117 Å². The van der Waals surface area contributed by atoms with Crippen LogP contribution in [0.3, 0.4) is 0 Å². The average molecular weight is 383 g/mol. The van der Waals surface area contributed by atoms with Crippen LogP contribution < -0.4 is 0 Å². The summed E-state index contributed by atoms with van der Waals surface area (Å²) in [5, 5.41) is 0. The van der Waals surface area contributed by atoms with Crippen LogP contribution in [0.25, 0.3) is 0 Å². The van der Waals surface area contributed by atoms with Crippen molar-refractivity contribution in [3.8, 4) is 0 Å². The highest BCUT2D eigenvalue weighted by Crippen LogP contribution is 2.36. The summed E-state index contributed by atoms with van der Waals surface area (Å²) >= 11 is 0. The van der Waals surface area contributed by atoms with Crippen molar-refractivity contribution in [2.75, 3.05) is 13.2 Å². The second kappa shape index (κ2) is 12.7. The Hall–Kier alpha value is -0.670. The Morgan fingerprint density at radius 2 is 1.37 bits per heavy atom. The second-order valence-electron chi connectivity index (χ2n) is 8.00. The van der Waals surface area contributed by atoms with Crippen molar-refractivity contribution in [3.05, 3.63) is 12.7 Å². The normalized spacial score (nSPS) is 13.0. The lowest BCUT2D eigenvalue weighted by Crippen LogP contribution is -2.42. The SMILES string of the molecule is C=CC(=O)C(CC)(CC)OCCC(CC)(CC)OCC(CC)(CC)CCC. The molecule has 0 amide bonds. The van der Waals surface area contributed by atoms with Crippen LogP contribution >= 0.6 is 0 Å². The Morgan fingerprint density at radius 1 is 0.815 bits per heavy atom. The van der Waals surface area contributed by atoms with Crippen molar-refractivity contribution in [1.82, 2.24) is 0 Å². The van der Waals surface area contributed by atoms with Gasteiger partial charge in [0, 0.05) is 0 Å². The van der Waals surface area contributed by atoms with Crippen molar-refractivity contribution in [3.63, 3.8) is 0 Å². The molecule has 0 unspecified atom stereocenters. The van der Waals surface area contributed by atoms with E-state index in [-0.39, 0.29) is 16.8 Å². The van der Waals surface area contributed by atoms with Gasteiger partial charge in [0.15, 0.2) is 5.78 Å². The predicted octanol–water partition coefficient (Wildman–Crippen LogP) is 6.89. The monoisotopic (exact) mass is 382 g/mol. The number of ether oxygens (including phenoxy) is 2. The summed E-state index contributed by atoms with van der Waals surface area (Å²) in [4.78, 5) is 12.3. The number of carbonyl (C=O) groups is 1. The molecular formula is C24H46O3. The molecule has 0 aliphatic carbocycles. The summed E-state index contributed by atoms with van der Waals surface area (Å²) in [5.74, 6) is -0.00839. The molecule has 3 nitrogen and oxygen atoms in total. The maximum Gasteiger partial charge on any atom is 0.186 e. The molecule has 0 rings (SSSR count). The fraction of sp³-hybridized carbons (Fsp3) is 0.875. The standard InChI is InChI=1S/C24H46O3/c1-9-17-22(11-3,12-4)20-27-23(13-5,14-6)18-19-26-24(15-7,16-8)21(25)10-2/h10H,2,9,11-20H2,1,3-8H3. The molecule has 160 valence electrons. The van der Waals surface area contributed by atoms with Gasteiger partial charge in [-0.05, 0) is 62.9 Å². The zero-order valence-electron chi connectivity index (χ0n) is 19.3. The van der Waals surface area contributed by atoms with Crippen LogP contribution in [0, 0.1) is 5.41 Å². The van der Waals surface area contributed by atoms with E-state index in [0.717, 1.165) is 38.7 Å². The van der Waals surface area contributed by atoms with Crippen molar-refractivity contribution in [2.24, 2.45) is 5.41 Å². The third-order valence-electron chi connectivity index (χ3n) is 6.97. The van der Waals surface area contributed by atoms with E-state index in [1.165, 1.54) is 18.9 Å². The molecular weight excluding hydrogens is 336 g/mol. The van der Waals surface area contributed by atoms with Crippen molar-refractivity contribution in [1.29, 1.82) is 0 Å². The fourth-order valence-electron chi connectivity index (χ4n) is 4.09. The third kappa shape index (κ3) is 7.02. The maximum atomic E-state index is 12.3. The van der Waals surface area contributed by atoms with Gasteiger partial charge in [0.1, 0.15) is 5.60 Å². The Morgan fingerprint density at radius 3 is 1.74 bits per heavy atom. The summed E-state index contributed by atoms with van der Waals surface area (Å²) in [5.41, 5.74) is -0.623. The van der Waals surface area contributed by atoms with E-state index in [2.05, 4.69) is 41.2 Å². The lowest BCUT2D eigenvalue weighted by molar-refractivity contribution is -0.148. The van der Waals surface area contributed by atoms with Gasteiger partial charge in [-0.15, -0.1) is 0 Å². The van der Waals surface area contributed by atoms with Gasteiger partial charge in [-0.3, -0.25) is 4.79 Å². The highest BCUT2D eigenvalue weighted by Gasteiger charge is 2.36. The van der Waals surface area contributed by atoms with Crippen molar-refractivity contribution >= 4 is 5.78 Å². The van der Waals surface area contributed by atoms with E-state index in [1.54, 1.807) is 0 Å². The summed E-state index contributed by atoms with van der Waals surface area (Å²) in [6, 6.07) is 0. The third-order valence-corrected chi connectivity index (χ3v) is 6.97. The molecule has 0 radical (unpaired) electrons. The van der Waals surface area contributed by atoms with Crippen LogP contribution in [0.2, 0.25) is 0 Å². The van der Waals surface area contributed by atoms with Gasteiger partial charge in [-0.1, -0.05) is 61.5 Å². The van der Waals surface area contributed by atoms with Gasteiger partial charge in [0.05, 0.1) is 18.8 Å². The molecule has 0 aromatic carbocycles. The Balaban J connectivity index is 5.10. The Bertz CT molecular complexity index is 415. The Kier molecular flexibility index (Phi) is 12.4. The van der Waals surface area contributed by atoms with Gasteiger partial charge in [0.2, 0.25) is 0 Å². The quantitative estimate of drug-likeness (QED) is 0.257. The van der Waals surface area contributed by atoms with E-state index >= 15 is 0 Å². The molecule has 0 spiro atoms. The minimum atomic E-state index is -0.728. The number of rotatable bonds is 17. The first-order chi connectivity index (χ1) is 12.8. The van der Waals surface area contributed by atoms with Crippen LogP contribution in [0.4, 0.5) is 0 Å². The Labute approximate surface area is 169 Å². The zero-order valence-corrected chi connectivity index (χ0v) is 19.3. The first-order valence-corrected chi connectivity index (χ1v) is 11.3. The minimum Gasteiger partial charge on any atom is -0.374 e. The molecule has 0 aromatic heterocycles. The molecule has 3 heteroatoms. The molecule has 0 aromatic rings. The highest BCUT2D eigenvalue weighted by molar-refractivity contribution is 5.96. The largest absolute Gasteiger partial charge is 0.374 e. The molecule has 0 fully saturated rings. The van der Waals surface area contributed by atoms with E-state index < -0.39 is 5.60 Å². The molecule has 0 atom stereocenters. The number of hydrogen-bond acceptors (Lipinski definition) is 3. The number of hydrogen-bond donors (Lipinski definition) is 0.